The van der Waals surface area contributed by atoms with Crippen molar-refractivity contribution < 1.29 is 4.79 Å². The lowest BCUT2D eigenvalue weighted by Gasteiger charge is -2.48. The van der Waals surface area contributed by atoms with Crippen LogP contribution in [0.1, 0.15) is 42.6 Å². The SMILES string of the molecule is Cc1cnc(CN2C[C@@]3(CCCN(Cc4ccncc4)C3)CCC2=O)cn1. The quantitative estimate of drug-likeness (QED) is 0.833. The van der Waals surface area contributed by atoms with E-state index in [0.717, 1.165) is 44.0 Å². The van der Waals surface area contributed by atoms with Crippen LogP contribution in [0.2, 0.25) is 0 Å². The van der Waals surface area contributed by atoms with Gasteiger partial charge in [-0.2, -0.15) is 0 Å². The van der Waals surface area contributed by atoms with Gasteiger partial charge in [0, 0.05) is 50.1 Å². The van der Waals surface area contributed by atoms with Crippen LogP contribution in [-0.2, 0) is 17.9 Å². The molecule has 2 fully saturated rings. The van der Waals surface area contributed by atoms with Crippen LogP contribution < -0.4 is 0 Å². The zero-order valence-corrected chi connectivity index (χ0v) is 16.0. The smallest absolute Gasteiger partial charge is 0.222 e. The average Bonchev–Trinajstić information content (AvgIpc) is 2.68. The summed E-state index contributed by atoms with van der Waals surface area (Å²) in [6, 6.07) is 4.18. The Hall–Kier alpha value is -2.34. The van der Waals surface area contributed by atoms with E-state index in [9.17, 15) is 4.79 Å². The molecule has 0 aromatic carbocycles. The van der Waals surface area contributed by atoms with Crippen LogP contribution in [0.25, 0.3) is 0 Å². The Balaban J connectivity index is 1.43. The number of pyridine rings is 1. The van der Waals surface area contributed by atoms with Crippen molar-refractivity contribution in [2.45, 2.75) is 45.7 Å². The van der Waals surface area contributed by atoms with Crippen LogP contribution in [0.15, 0.2) is 36.9 Å². The van der Waals surface area contributed by atoms with Crippen molar-refractivity contribution in [3.05, 3.63) is 53.9 Å². The summed E-state index contributed by atoms with van der Waals surface area (Å²) in [6.45, 7) is 6.46. The fourth-order valence-electron chi connectivity index (χ4n) is 4.47. The predicted octanol–water partition coefficient (Wildman–Crippen LogP) is 2.58. The summed E-state index contributed by atoms with van der Waals surface area (Å²) in [4.78, 5) is 29.9. The first kappa shape index (κ1) is 18.0. The highest BCUT2D eigenvalue weighted by Gasteiger charge is 2.41. The molecule has 27 heavy (non-hydrogen) atoms. The largest absolute Gasteiger partial charge is 0.336 e. The van der Waals surface area contributed by atoms with Gasteiger partial charge in [0.15, 0.2) is 0 Å². The fraction of sp³-hybridized carbons (Fsp3) is 0.524. The van der Waals surface area contributed by atoms with E-state index >= 15 is 0 Å². The van der Waals surface area contributed by atoms with Gasteiger partial charge in [0.2, 0.25) is 5.91 Å². The molecule has 2 aliphatic rings. The average molecular weight is 365 g/mol. The maximum atomic E-state index is 12.5. The number of hydrogen-bond acceptors (Lipinski definition) is 5. The van der Waals surface area contributed by atoms with Crippen molar-refractivity contribution in [2.75, 3.05) is 19.6 Å². The van der Waals surface area contributed by atoms with E-state index in [1.54, 1.807) is 12.4 Å². The van der Waals surface area contributed by atoms with Gasteiger partial charge >= 0.3 is 0 Å². The van der Waals surface area contributed by atoms with Crippen molar-refractivity contribution in [2.24, 2.45) is 5.41 Å². The summed E-state index contributed by atoms with van der Waals surface area (Å²) in [7, 11) is 0. The molecule has 142 valence electrons. The first-order valence-electron chi connectivity index (χ1n) is 9.79. The van der Waals surface area contributed by atoms with Gasteiger partial charge in [0.1, 0.15) is 0 Å². The second-order valence-corrected chi connectivity index (χ2v) is 8.07. The summed E-state index contributed by atoms with van der Waals surface area (Å²) < 4.78 is 0. The van der Waals surface area contributed by atoms with Gasteiger partial charge in [-0.25, -0.2) is 0 Å². The zero-order valence-electron chi connectivity index (χ0n) is 16.0. The molecule has 6 heteroatoms. The molecule has 1 amide bonds. The van der Waals surface area contributed by atoms with Gasteiger partial charge in [0.25, 0.3) is 0 Å². The molecule has 2 aromatic heterocycles. The third-order valence-electron chi connectivity index (χ3n) is 5.83. The van der Waals surface area contributed by atoms with Gasteiger partial charge in [0.05, 0.1) is 24.1 Å². The summed E-state index contributed by atoms with van der Waals surface area (Å²) >= 11 is 0. The first-order chi connectivity index (χ1) is 13.1. The summed E-state index contributed by atoms with van der Waals surface area (Å²) in [6.07, 6.45) is 11.3. The van der Waals surface area contributed by atoms with Crippen molar-refractivity contribution in [3.8, 4) is 0 Å². The minimum Gasteiger partial charge on any atom is -0.336 e. The van der Waals surface area contributed by atoms with Crippen LogP contribution in [0.5, 0.6) is 0 Å². The van der Waals surface area contributed by atoms with E-state index in [2.05, 4.69) is 32.0 Å². The normalized spacial score (nSPS) is 23.7. The lowest BCUT2D eigenvalue weighted by atomic mass is 9.73. The van der Waals surface area contributed by atoms with Gasteiger partial charge in [-0.05, 0) is 50.4 Å². The molecular weight excluding hydrogens is 338 g/mol. The zero-order chi connectivity index (χ0) is 18.7. The molecule has 0 radical (unpaired) electrons. The van der Waals surface area contributed by atoms with E-state index in [4.69, 9.17) is 0 Å². The Kier molecular flexibility index (Phi) is 5.16. The van der Waals surface area contributed by atoms with Gasteiger partial charge < -0.3 is 4.90 Å². The molecule has 1 atom stereocenters. The predicted molar refractivity (Wildman–Crippen MR) is 103 cm³/mol. The Morgan fingerprint density at radius 3 is 2.70 bits per heavy atom. The monoisotopic (exact) mass is 365 g/mol. The summed E-state index contributed by atoms with van der Waals surface area (Å²) in [5.41, 5.74) is 3.28. The molecule has 0 aliphatic carbocycles. The highest BCUT2D eigenvalue weighted by Crippen LogP contribution is 2.39. The van der Waals surface area contributed by atoms with E-state index < -0.39 is 0 Å². The van der Waals surface area contributed by atoms with Crippen molar-refractivity contribution in [1.82, 2.24) is 24.8 Å². The van der Waals surface area contributed by atoms with Gasteiger partial charge in [-0.3, -0.25) is 24.6 Å². The number of piperidine rings is 2. The molecule has 0 saturated carbocycles. The topological polar surface area (TPSA) is 62.2 Å². The molecule has 2 saturated heterocycles. The Bertz CT molecular complexity index is 779. The van der Waals surface area contributed by atoms with E-state index in [-0.39, 0.29) is 11.3 Å². The first-order valence-corrected chi connectivity index (χ1v) is 9.79. The van der Waals surface area contributed by atoms with Crippen LogP contribution in [0, 0.1) is 12.3 Å². The number of carbonyl (C=O) groups excluding carboxylic acids is 1. The molecule has 1 spiro atoms. The lowest BCUT2D eigenvalue weighted by molar-refractivity contribution is -0.140. The molecule has 4 rings (SSSR count). The molecule has 4 heterocycles. The third kappa shape index (κ3) is 4.33. The number of rotatable bonds is 4. The number of aromatic nitrogens is 3. The lowest BCUT2D eigenvalue weighted by Crippen LogP contribution is -2.53. The van der Waals surface area contributed by atoms with Crippen LogP contribution in [0.3, 0.4) is 0 Å². The standard InChI is InChI=1S/C21H27N5O/c1-17-11-24-19(12-23-17)14-26-16-21(7-3-20(26)27)6-2-10-25(15-21)13-18-4-8-22-9-5-18/h4-5,8-9,11-12H,2-3,6-7,10,13-16H2,1H3/t21-/m0/s1. The van der Waals surface area contributed by atoms with Crippen molar-refractivity contribution in [1.29, 1.82) is 0 Å². The van der Waals surface area contributed by atoms with E-state index in [1.807, 2.05) is 24.2 Å². The van der Waals surface area contributed by atoms with Crippen LogP contribution >= 0.6 is 0 Å². The Labute approximate surface area is 160 Å². The van der Waals surface area contributed by atoms with E-state index in [0.29, 0.717) is 13.0 Å². The minimum atomic E-state index is 0.206. The van der Waals surface area contributed by atoms with Gasteiger partial charge in [-0.1, -0.05) is 0 Å². The Morgan fingerprint density at radius 1 is 1.07 bits per heavy atom. The summed E-state index contributed by atoms with van der Waals surface area (Å²) in [5.74, 6) is 0.245. The fourth-order valence-corrected chi connectivity index (χ4v) is 4.47. The number of carbonyl (C=O) groups is 1. The maximum absolute atomic E-state index is 12.5. The number of aryl methyl sites for hydroxylation is 1. The number of nitrogens with zero attached hydrogens (tertiary/aromatic N) is 5. The molecule has 2 aromatic rings. The molecule has 2 aliphatic heterocycles. The highest BCUT2D eigenvalue weighted by molar-refractivity contribution is 5.77. The maximum Gasteiger partial charge on any atom is 0.222 e. The molecule has 0 N–H and O–H groups in total. The molecule has 0 bridgehead atoms. The van der Waals surface area contributed by atoms with Gasteiger partial charge in [-0.15, -0.1) is 0 Å². The number of amides is 1. The minimum absolute atomic E-state index is 0.206. The van der Waals surface area contributed by atoms with Crippen molar-refractivity contribution >= 4 is 5.91 Å². The van der Waals surface area contributed by atoms with E-state index in [1.165, 1.54) is 18.4 Å². The summed E-state index contributed by atoms with van der Waals surface area (Å²) in [5, 5.41) is 0. The van der Waals surface area contributed by atoms with Crippen molar-refractivity contribution in [3.63, 3.8) is 0 Å². The van der Waals surface area contributed by atoms with Crippen LogP contribution in [-0.4, -0.2) is 50.3 Å². The third-order valence-corrected chi connectivity index (χ3v) is 5.83. The second kappa shape index (κ2) is 7.72. The molecule has 0 unspecified atom stereocenters. The number of hydrogen-bond donors (Lipinski definition) is 0. The number of likely N-dealkylation sites (tertiary alicyclic amines) is 2. The second-order valence-electron chi connectivity index (χ2n) is 8.07. The Morgan fingerprint density at radius 2 is 1.93 bits per heavy atom. The van der Waals surface area contributed by atoms with Crippen LogP contribution in [0.4, 0.5) is 0 Å². The highest BCUT2D eigenvalue weighted by atomic mass is 16.2. The molecular formula is C21H27N5O. The molecule has 6 nitrogen and oxygen atoms in total.